The first-order valence-corrected chi connectivity index (χ1v) is 12.8. The van der Waals surface area contributed by atoms with Gasteiger partial charge in [0.1, 0.15) is 11.7 Å². The molecule has 0 aliphatic carbocycles. The molecular weight excluding hydrogens is 450 g/mol. The molecule has 8 heteroatoms. The number of aromatic nitrogens is 2. The smallest absolute Gasteiger partial charge is 0.303 e. The normalized spacial score (nSPS) is 12.9. The second kappa shape index (κ2) is 11.7. The number of ketones is 1. The van der Waals surface area contributed by atoms with Gasteiger partial charge in [-0.1, -0.05) is 37.3 Å². The van der Waals surface area contributed by atoms with E-state index in [2.05, 4.69) is 11.1 Å². The number of aliphatic carboxylic acids is 1. The van der Waals surface area contributed by atoms with Gasteiger partial charge in [-0.2, -0.15) is 5.26 Å². The number of carboxylic acids is 1. The van der Waals surface area contributed by atoms with E-state index < -0.39 is 16.8 Å². The first-order chi connectivity index (χ1) is 16.3. The van der Waals surface area contributed by atoms with Gasteiger partial charge < -0.3 is 9.67 Å². The molecule has 7 nitrogen and oxygen atoms in total. The molecular formula is C26H29N3O4S. The number of rotatable bonds is 12. The van der Waals surface area contributed by atoms with Crippen LogP contribution in [0.1, 0.15) is 59.8 Å². The summed E-state index contributed by atoms with van der Waals surface area (Å²) in [6.45, 7) is 1.75. The lowest BCUT2D eigenvalue weighted by atomic mass is 9.94. The molecule has 0 amide bonds. The van der Waals surface area contributed by atoms with E-state index in [-0.39, 0.29) is 24.5 Å². The molecule has 0 fully saturated rings. The number of unbranched alkanes of at least 4 members (excludes halogenated alkanes) is 1. The van der Waals surface area contributed by atoms with Crippen LogP contribution in [-0.4, -0.2) is 36.4 Å². The van der Waals surface area contributed by atoms with E-state index in [0.717, 1.165) is 24.1 Å². The molecule has 3 aromatic rings. The standard InChI is InChI=1S/C26H29N3O4S/c1-18(13-24(31)32)12-23(30)25-21-14-20(15-27)16-28-26(21)29(2)22(25)10-6-7-11-34(33)17-19-8-4-3-5-9-19/h3-5,8-9,14,16,18H,6-7,10-13,17H2,1-2H3,(H,31,32). The maximum Gasteiger partial charge on any atom is 0.303 e. The van der Waals surface area contributed by atoms with Crippen molar-refractivity contribution in [2.45, 2.75) is 44.8 Å². The Morgan fingerprint density at radius 1 is 1.21 bits per heavy atom. The Kier molecular flexibility index (Phi) is 8.72. The van der Waals surface area contributed by atoms with Gasteiger partial charge in [0.05, 0.1) is 5.56 Å². The first-order valence-electron chi connectivity index (χ1n) is 11.3. The number of carbonyl (C=O) groups excluding carboxylic acids is 1. The van der Waals surface area contributed by atoms with Crippen molar-refractivity contribution in [1.29, 1.82) is 5.26 Å². The Morgan fingerprint density at radius 2 is 1.94 bits per heavy atom. The second-order valence-corrected chi connectivity index (χ2v) is 10.2. The number of fused-ring (bicyclic) bond motifs is 1. The predicted octanol–water partition coefficient (Wildman–Crippen LogP) is 4.40. The molecule has 178 valence electrons. The molecule has 1 aromatic carbocycles. The summed E-state index contributed by atoms with van der Waals surface area (Å²) in [7, 11) is 0.890. The number of carbonyl (C=O) groups is 2. The number of aryl methyl sites for hydroxylation is 1. The molecule has 1 N–H and O–H groups in total. The number of benzene rings is 1. The summed E-state index contributed by atoms with van der Waals surface area (Å²) < 4.78 is 14.3. The third-order valence-electron chi connectivity index (χ3n) is 5.82. The second-order valence-electron chi connectivity index (χ2n) is 8.65. The summed E-state index contributed by atoms with van der Waals surface area (Å²) in [5.41, 5.74) is 3.38. The van der Waals surface area contributed by atoms with E-state index in [1.807, 2.05) is 41.9 Å². The van der Waals surface area contributed by atoms with Crippen molar-refractivity contribution in [3.63, 3.8) is 0 Å². The highest BCUT2D eigenvalue weighted by molar-refractivity contribution is 7.84. The van der Waals surface area contributed by atoms with Crippen LogP contribution in [0.15, 0.2) is 42.6 Å². The minimum Gasteiger partial charge on any atom is -0.481 e. The molecule has 2 unspecified atom stereocenters. The van der Waals surface area contributed by atoms with E-state index in [1.54, 1.807) is 13.0 Å². The summed E-state index contributed by atoms with van der Waals surface area (Å²) in [6.07, 6.45) is 3.62. The van der Waals surface area contributed by atoms with Gasteiger partial charge in [-0.3, -0.25) is 13.8 Å². The highest BCUT2D eigenvalue weighted by Gasteiger charge is 2.24. The van der Waals surface area contributed by atoms with Crippen LogP contribution in [-0.2, 0) is 34.8 Å². The third kappa shape index (κ3) is 6.39. The van der Waals surface area contributed by atoms with Crippen LogP contribution in [0.25, 0.3) is 11.0 Å². The van der Waals surface area contributed by atoms with E-state index in [9.17, 15) is 19.1 Å². The molecule has 0 saturated heterocycles. The number of pyridine rings is 1. The van der Waals surface area contributed by atoms with Crippen molar-refractivity contribution < 1.29 is 18.9 Å². The van der Waals surface area contributed by atoms with E-state index in [4.69, 9.17) is 5.11 Å². The summed E-state index contributed by atoms with van der Waals surface area (Å²) in [5.74, 6) is -0.273. The molecule has 34 heavy (non-hydrogen) atoms. The number of hydrogen-bond acceptors (Lipinski definition) is 5. The average molecular weight is 480 g/mol. The van der Waals surface area contributed by atoms with Crippen molar-refractivity contribution in [3.05, 3.63) is 65.0 Å². The van der Waals surface area contributed by atoms with Crippen molar-refractivity contribution in [2.24, 2.45) is 13.0 Å². The summed E-state index contributed by atoms with van der Waals surface area (Å²) in [5, 5.41) is 19.0. The van der Waals surface area contributed by atoms with Crippen molar-refractivity contribution in [1.82, 2.24) is 9.55 Å². The number of hydrogen-bond donors (Lipinski definition) is 1. The Hall–Kier alpha value is -3.31. The quantitative estimate of drug-likeness (QED) is 0.304. The summed E-state index contributed by atoms with van der Waals surface area (Å²) in [6, 6.07) is 13.5. The van der Waals surface area contributed by atoms with Gasteiger partial charge >= 0.3 is 5.97 Å². The Balaban J connectivity index is 1.76. The maximum absolute atomic E-state index is 13.3. The molecule has 0 saturated carbocycles. The predicted molar refractivity (Wildman–Crippen MR) is 132 cm³/mol. The molecule has 2 atom stereocenters. The van der Waals surface area contributed by atoms with Gasteiger partial charge in [0.15, 0.2) is 5.78 Å². The lowest BCUT2D eigenvalue weighted by Gasteiger charge is -2.10. The van der Waals surface area contributed by atoms with Crippen LogP contribution in [0.2, 0.25) is 0 Å². The molecule has 0 aliphatic rings. The van der Waals surface area contributed by atoms with E-state index >= 15 is 0 Å². The fourth-order valence-electron chi connectivity index (χ4n) is 4.20. The largest absolute Gasteiger partial charge is 0.481 e. The molecule has 0 radical (unpaired) electrons. The van der Waals surface area contributed by atoms with Crippen LogP contribution in [0.5, 0.6) is 0 Å². The zero-order chi connectivity index (χ0) is 24.7. The summed E-state index contributed by atoms with van der Waals surface area (Å²) >= 11 is 0. The van der Waals surface area contributed by atoms with Crippen LogP contribution in [0.4, 0.5) is 0 Å². The highest BCUT2D eigenvalue weighted by Crippen LogP contribution is 2.29. The SMILES string of the molecule is CC(CC(=O)O)CC(=O)c1c(CCCCS(=O)Cc2ccccc2)n(C)c2ncc(C#N)cc12. The molecule has 0 bridgehead atoms. The van der Waals surface area contributed by atoms with Gasteiger partial charge in [-0.15, -0.1) is 0 Å². The zero-order valence-electron chi connectivity index (χ0n) is 19.5. The Bertz CT molecular complexity index is 1240. The molecule has 0 spiro atoms. The Morgan fingerprint density at radius 3 is 2.62 bits per heavy atom. The maximum atomic E-state index is 13.3. The monoisotopic (exact) mass is 479 g/mol. The minimum absolute atomic E-state index is 0.0826. The average Bonchev–Trinajstić information content (AvgIpc) is 3.07. The Labute approximate surface area is 201 Å². The van der Waals surface area contributed by atoms with E-state index in [0.29, 0.717) is 40.1 Å². The highest BCUT2D eigenvalue weighted by atomic mass is 32.2. The summed E-state index contributed by atoms with van der Waals surface area (Å²) in [4.78, 5) is 28.7. The van der Waals surface area contributed by atoms with Crippen LogP contribution in [0.3, 0.4) is 0 Å². The number of carboxylic acid groups (broad SMARTS) is 1. The fraction of sp³-hybridized carbons (Fsp3) is 0.385. The zero-order valence-corrected chi connectivity index (χ0v) is 20.3. The molecule has 3 rings (SSSR count). The lowest BCUT2D eigenvalue weighted by Crippen LogP contribution is -2.12. The van der Waals surface area contributed by atoms with Gasteiger partial charge in [0.25, 0.3) is 0 Å². The molecule has 0 aliphatic heterocycles. The van der Waals surface area contributed by atoms with Crippen LogP contribution in [0, 0.1) is 17.2 Å². The number of nitriles is 1. The van der Waals surface area contributed by atoms with E-state index in [1.165, 1.54) is 6.20 Å². The van der Waals surface area contributed by atoms with Crippen molar-refractivity contribution >= 4 is 33.6 Å². The number of Topliss-reactive ketones (excluding diaryl/α,β-unsaturated/α-hetero) is 1. The molecule has 2 aromatic heterocycles. The van der Waals surface area contributed by atoms with Gasteiger partial charge in [-0.25, -0.2) is 4.98 Å². The van der Waals surface area contributed by atoms with Gasteiger partial charge in [0, 0.05) is 65.0 Å². The number of nitrogens with zero attached hydrogens (tertiary/aromatic N) is 3. The minimum atomic E-state index is -0.959. The van der Waals surface area contributed by atoms with Gasteiger partial charge in [0.2, 0.25) is 0 Å². The lowest BCUT2D eigenvalue weighted by molar-refractivity contribution is -0.137. The van der Waals surface area contributed by atoms with Crippen LogP contribution < -0.4 is 0 Å². The first kappa shape index (κ1) is 25.3. The van der Waals surface area contributed by atoms with Crippen molar-refractivity contribution in [2.75, 3.05) is 5.75 Å². The van der Waals surface area contributed by atoms with Crippen molar-refractivity contribution in [3.8, 4) is 6.07 Å². The molecule has 2 heterocycles. The van der Waals surface area contributed by atoms with Gasteiger partial charge in [-0.05, 0) is 36.8 Å². The van der Waals surface area contributed by atoms with Crippen LogP contribution >= 0.6 is 0 Å². The fourth-order valence-corrected chi connectivity index (χ4v) is 5.44. The topological polar surface area (TPSA) is 113 Å². The third-order valence-corrected chi connectivity index (χ3v) is 7.22.